The quantitative estimate of drug-likeness (QED) is 0.370. The van der Waals surface area contributed by atoms with E-state index in [9.17, 15) is 22.8 Å². The van der Waals surface area contributed by atoms with Crippen molar-refractivity contribution in [2.24, 2.45) is 5.92 Å². The number of likely N-dealkylation sites (tertiary alicyclic amines) is 1. The fraction of sp³-hybridized carbons (Fsp3) is 0.250. The number of amides is 3. The average Bonchev–Trinajstić information content (AvgIpc) is 3.15. The molecule has 11 heteroatoms. The number of anilines is 1. The Morgan fingerprint density at radius 1 is 1.00 bits per heavy atom. The van der Waals surface area contributed by atoms with Gasteiger partial charge in [0.15, 0.2) is 0 Å². The molecule has 5 rings (SSSR count). The van der Waals surface area contributed by atoms with Gasteiger partial charge in [-0.25, -0.2) is 8.42 Å². The lowest BCUT2D eigenvalue weighted by molar-refractivity contribution is 0.0557. The lowest BCUT2D eigenvalue weighted by Gasteiger charge is -2.33. The minimum Gasteiger partial charge on any atom is -0.339 e. The fourth-order valence-electron chi connectivity index (χ4n) is 4.91. The van der Waals surface area contributed by atoms with Crippen LogP contribution in [0.1, 0.15) is 49.5 Å². The Kier molecular flexibility index (Phi) is 7.54. The third kappa shape index (κ3) is 5.46. The highest BCUT2D eigenvalue weighted by Crippen LogP contribution is 2.30. The van der Waals surface area contributed by atoms with Crippen molar-refractivity contribution in [2.75, 3.05) is 24.4 Å². The molecule has 0 atom stereocenters. The van der Waals surface area contributed by atoms with E-state index >= 15 is 0 Å². The van der Waals surface area contributed by atoms with Crippen molar-refractivity contribution in [2.45, 2.75) is 24.7 Å². The molecule has 0 aromatic heterocycles. The van der Waals surface area contributed by atoms with Crippen molar-refractivity contribution < 1.29 is 22.8 Å². The fourth-order valence-corrected chi connectivity index (χ4v) is 6.68. The van der Waals surface area contributed by atoms with Gasteiger partial charge in [0, 0.05) is 24.1 Å². The normalized spacial score (nSPS) is 16.0. The van der Waals surface area contributed by atoms with Gasteiger partial charge >= 0.3 is 0 Å². The standard InChI is InChI=1S/C28H25BrClN3O5S/c1-17-6-8-23(29)25(14-17)31-39(37,38)19-7-9-24(30)22(15-19)26(34)32-12-10-18(11-13-32)16-33-27(35)20-4-2-3-5-21(20)28(33)36/h2-9,14-15,18,31H,10-13,16H2,1H3. The molecule has 0 aliphatic carbocycles. The van der Waals surface area contributed by atoms with Crippen LogP contribution in [0, 0.1) is 12.8 Å². The molecule has 2 aliphatic heterocycles. The molecule has 0 radical (unpaired) electrons. The number of nitrogens with zero attached hydrogens (tertiary/aromatic N) is 2. The number of carbonyl (C=O) groups is 3. The summed E-state index contributed by atoms with van der Waals surface area (Å²) in [6.45, 7) is 2.94. The molecule has 202 valence electrons. The zero-order valence-electron chi connectivity index (χ0n) is 21.0. The number of hydrogen-bond donors (Lipinski definition) is 1. The zero-order chi connectivity index (χ0) is 27.9. The lowest BCUT2D eigenvalue weighted by Crippen LogP contribution is -2.43. The van der Waals surface area contributed by atoms with Gasteiger partial charge in [0.25, 0.3) is 27.7 Å². The third-order valence-corrected chi connectivity index (χ3v) is 9.45. The minimum atomic E-state index is -3.99. The number of piperidine rings is 1. The van der Waals surface area contributed by atoms with E-state index in [0.717, 1.165) is 5.56 Å². The van der Waals surface area contributed by atoms with E-state index in [2.05, 4.69) is 20.7 Å². The molecule has 1 fully saturated rings. The van der Waals surface area contributed by atoms with Crippen LogP contribution in [-0.2, 0) is 10.0 Å². The van der Waals surface area contributed by atoms with Gasteiger partial charge in [-0.2, -0.15) is 0 Å². The third-order valence-electron chi connectivity index (χ3n) is 7.07. The zero-order valence-corrected chi connectivity index (χ0v) is 24.1. The summed E-state index contributed by atoms with van der Waals surface area (Å²) in [6, 6.07) is 16.2. The summed E-state index contributed by atoms with van der Waals surface area (Å²) in [5, 5.41) is 0.156. The number of fused-ring (bicyclic) bond motifs is 1. The van der Waals surface area contributed by atoms with Crippen molar-refractivity contribution in [3.8, 4) is 0 Å². The second-order valence-electron chi connectivity index (χ2n) is 9.73. The largest absolute Gasteiger partial charge is 0.339 e. The molecule has 0 saturated carbocycles. The first-order valence-electron chi connectivity index (χ1n) is 12.4. The van der Waals surface area contributed by atoms with Gasteiger partial charge in [-0.15, -0.1) is 0 Å². The molecule has 1 N–H and O–H groups in total. The number of sulfonamides is 1. The van der Waals surface area contributed by atoms with E-state index in [0.29, 0.717) is 53.8 Å². The number of nitrogens with one attached hydrogen (secondary N) is 1. The summed E-state index contributed by atoms with van der Waals surface area (Å²) < 4.78 is 29.4. The Morgan fingerprint density at radius 3 is 2.28 bits per heavy atom. The van der Waals surface area contributed by atoms with Gasteiger partial charge in [0.1, 0.15) is 0 Å². The summed E-state index contributed by atoms with van der Waals surface area (Å²) in [5.41, 5.74) is 2.21. The molecular weight excluding hydrogens is 606 g/mol. The summed E-state index contributed by atoms with van der Waals surface area (Å²) in [7, 11) is -3.99. The molecule has 8 nitrogen and oxygen atoms in total. The van der Waals surface area contributed by atoms with Gasteiger partial charge in [0.2, 0.25) is 0 Å². The van der Waals surface area contributed by atoms with Crippen molar-refractivity contribution in [3.63, 3.8) is 0 Å². The molecule has 0 bridgehead atoms. The van der Waals surface area contributed by atoms with Crippen LogP contribution in [0.4, 0.5) is 5.69 Å². The second-order valence-corrected chi connectivity index (χ2v) is 12.7. The molecule has 39 heavy (non-hydrogen) atoms. The number of benzene rings is 3. The number of halogens is 2. The van der Waals surface area contributed by atoms with Crippen LogP contribution in [0.15, 0.2) is 70.0 Å². The predicted octanol–water partition coefficient (Wildman–Crippen LogP) is 5.36. The number of rotatable bonds is 6. The highest BCUT2D eigenvalue weighted by molar-refractivity contribution is 9.10. The van der Waals surface area contributed by atoms with E-state index in [1.807, 2.05) is 13.0 Å². The number of hydrogen-bond acceptors (Lipinski definition) is 5. The Hall–Kier alpha value is -3.21. The van der Waals surface area contributed by atoms with Crippen LogP contribution >= 0.6 is 27.5 Å². The first-order valence-corrected chi connectivity index (χ1v) is 15.0. The Bertz CT molecular complexity index is 1570. The first-order chi connectivity index (χ1) is 18.5. The Balaban J connectivity index is 1.26. The molecule has 2 aliphatic rings. The van der Waals surface area contributed by atoms with Crippen molar-refractivity contribution >= 4 is 61.0 Å². The summed E-state index contributed by atoms with van der Waals surface area (Å²) in [4.78, 5) is 41.6. The summed E-state index contributed by atoms with van der Waals surface area (Å²) in [5.74, 6) is -0.890. The van der Waals surface area contributed by atoms with Crippen LogP contribution in [-0.4, -0.2) is 55.6 Å². The van der Waals surface area contributed by atoms with Gasteiger partial charge in [0.05, 0.1) is 32.3 Å². The topological polar surface area (TPSA) is 104 Å². The monoisotopic (exact) mass is 629 g/mol. The molecule has 0 spiro atoms. The number of aryl methyl sites for hydroxylation is 1. The van der Waals surface area contributed by atoms with Gasteiger partial charge in [-0.05, 0) is 89.6 Å². The van der Waals surface area contributed by atoms with Crippen molar-refractivity contribution in [3.05, 3.63) is 92.4 Å². The maximum Gasteiger partial charge on any atom is 0.261 e. The predicted molar refractivity (Wildman–Crippen MR) is 152 cm³/mol. The van der Waals surface area contributed by atoms with Gasteiger partial charge in [-0.3, -0.25) is 24.0 Å². The van der Waals surface area contributed by atoms with Crippen LogP contribution in [0.2, 0.25) is 5.02 Å². The summed E-state index contributed by atoms with van der Waals surface area (Å²) >= 11 is 9.69. The molecule has 2 heterocycles. The average molecular weight is 631 g/mol. The van der Waals surface area contributed by atoms with Crippen LogP contribution < -0.4 is 4.72 Å². The lowest BCUT2D eigenvalue weighted by atomic mass is 9.95. The van der Waals surface area contributed by atoms with E-state index in [1.54, 1.807) is 41.3 Å². The minimum absolute atomic E-state index is 0.0513. The van der Waals surface area contributed by atoms with Crippen LogP contribution in [0.3, 0.4) is 0 Å². The molecule has 0 unspecified atom stereocenters. The van der Waals surface area contributed by atoms with E-state index in [-0.39, 0.29) is 39.1 Å². The van der Waals surface area contributed by atoms with Gasteiger partial charge < -0.3 is 4.90 Å². The molecule has 1 saturated heterocycles. The molecule has 3 aromatic carbocycles. The van der Waals surface area contributed by atoms with Gasteiger partial charge in [-0.1, -0.05) is 29.8 Å². The van der Waals surface area contributed by atoms with E-state index in [4.69, 9.17) is 11.6 Å². The highest BCUT2D eigenvalue weighted by atomic mass is 79.9. The highest BCUT2D eigenvalue weighted by Gasteiger charge is 2.37. The molecular formula is C28H25BrClN3O5S. The van der Waals surface area contributed by atoms with E-state index < -0.39 is 10.0 Å². The SMILES string of the molecule is Cc1ccc(Br)c(NS(=O)(=O)c2ccc(Cl)c(C(=O)N3CCC(CN4C(=O)c5ccccc5C4=O)CC3)c2)c1. The van der Waals surface area contributed by atoms with Crippen molar-refractivity contribution in [1.82, 2.24) is 9.80 Å². The number of imide groups is 1. The van der Waals surface area contributed by atoms with Crippen LogP contribution in [0.25, 0.3) is 0 Å². The molecule has 3 aromatic rings. The smallest absolute Gasteiger partial charge is 0.261 e. The summed E-state index contributed by atoms with van der Waals surface area (Å²) in [6.07, 6.45) is 1.19. The van der Waals surface area contributed by atoms with Crippen molar-refractivity contribution in [1.29, 1.82) is 0 Å². The Morgan fingerprint density at radius 2 is 1.64 bits per heavy atom. The molecule has 3 amide bonds. The first kappa shape index (κ1) is 27.4. The Labute approximate surface area is 240 Å². The maximum atomic E-state index is 13.4. The van der Waals surface area contributed by atoms with E-state index in [1.165, 1.54) is 23.1 Å². The number of carbonyl (C=O) groups excluding carboxylic acids is 3. The second kappa shape index (κ2) is 10.7. The van der Waals surface area contributed by atoms with Crippen LogP contribution in [0.5, 0.6) is 0 Å². The maximum absolute atomic E-state index is 13.4.